The molecule has 2 N–H and O–H groups in total. The molecular formula is C22H26N4O3S. The first-order valence-corrected chi connectivity index (χ1v) is 11.6. The summed E-state index contributed by atoms with van der Waals surface area (Å²) < 4.78 is 51.8. The van der Waals surface area contributed by atoms with Gasteiger partial charge in [-0.25, -0.2) is 13.1 Å². The number of hydrogen-bond acceptors (Lipinski definition) is 4. The molecule has 1 saturated heterocycles. The molecule has 5 rings (SSSR count). The summed E-state index contributed by atoms with van der Waals surface area (Å²) in [5.41, 5.74) is 1.91. The minimum absolute atomic E-state index is 0.0785. The number of aryl methyl sites for hydroxylation is 1. The maximum Gasteiger partial charge on any atom is 0.274 e. The van der Waals surface area contributed by atoms with Crippen LogP contribution >= 0.6 is 0 Å². The van der Waals surface area contributed by atoms with Gasteiger partial charge >= 0.3 is 0 Å². The second-order valence-electron chi connectivity index (χ2n) is 8.36. The molecule has 2 aromatic heterocycles. The molecule has 3 aromatic rings. The fourth-order valence-corrected chi connectivity index (χ4v) is 5.31. The number of benzene rings is 1. The van der Waals surface area contributed by atoms with Crippen LogP contribution in [0.25, 0.3) is 22.0 Å². The Morgan fingerprint density at radius 2 is 1.90 bits per heavy atom. The minimum Gasteiger partial charge on any atom is -0.371 e. The molecule has 2 aliphatic rings. The third-order valence-corrected chi connectivity index (χ3v) is 8.10. The molecule has 158 valence electrons. The number of rotatable bonds is 4. The monoisotopic (exact) mass is 429 g/mol. The lowest BCUT2D eigenvalue weighted by Gasteiger charge is -2.35. The van der Waals surface area contributed by atoms with E-state index in [4.69, 9.17) is 4.11 Å². The summed E-state index contributed by atoms with van der Waals surface area (Å²) in [5.74, 6) is 0. The largest absolute Gasteiger partial charge is 0.371 e. The molecule has 1 aliphatic heterocycles. The average molecular weight is 430 g/mol. The van der Waals surface area contributed by atoms with Gasteiger partial charge in [0.05, 0.1) is 4.90 Å². The second-order valence-corrected chi connectivity index (χ2v) is 10.2. The van der Waals surface area contributed by atoms with Crippen LogP contribution in [0.2, 0.25) is 0 Å². The zero-order valence-corrected chi connectivity index (χ0v) is 17.6. The smallest absolute Gasteiger partial charge is 0.274 e. The van der Waals surface area contributed by atoms with E-state index in [9.17, 15) is 13.2 Å². The van der Waals surface area contributed by atoms with Crippen LogP contribution in [-0.2, 0) is 17.0 Å². The molecular weight excluding hydrogens is 400 g/mol. The Bertz CT molecular complexity index is 1390. The summed E-state index contributed by atoms with van der Waals surface area (Å²) in [6.07, 6.45) is 7.60. The van der Waals surface area contributed by atoms with Crippen LogP contribution < -0.4 is 15.2 Å². The third kappa shape index (κ3) is 3.06. The molecule has 7 nitrogen and oxygen atoms in total. The number of nitrogens with one attached hydrogen (secondary N) is 2. The highest BCUT2D eigenvalue weighted by atomic mass is 32.2. The van der Waals surface area contributed by atoms with Crippen LogP contribution in [0.1, 0.15) is 29.8 Å². The molecule has 30 heavy (non-hydrogen) atoms. The van der Waals surface area contributed by atoms with Crippen molar-refractivity contribution >= 4 is 26.6 Å². The summed E-state index contributed by atoms with van der Waals surface area (Å²) >= 11 is 0. The van der Waals surface area contributed by atoms with Crippen LogP contribution in [0, 0.1) is 5.41 Å². The van der Waals surface area contributed by atoms with Crippen molar-refractivity contribution in [3.8, 4) is 11.1 Å². The van der Waals surface area contributed by atoms with E-state index >= 15 is 0 Å². The summed E-state index contributed by atoms with van der Waals surface area (Å²) in [6.45, 7) is -0.982. The maximum atomic E-state index is 12.8. The van der Waals surface area contributed by atoms with Crippen LogP contribution in [0.15, 0.2) is 46.3 Å². The molecule has 3 heterocycles. The number of anilines is 1. The second kappa shape index (κ2) is 6.72. The van der Waals surface area contributed by atoms with Gasteiger partial charge in [-0.1, -0.05) is 0 Å². The highest BCUT2D eigenvalue weighted by Crippen LogP contribution is 2.54. The normalized spacial score (nSPS) is 20.2. The molecule has 1 aliphatic carbocycles. The van der Waals surface area contributed by atoms with Gasteiger partial charge in [-0.2, -0.15) is 0 Å². The highest BCUT2D eigenvalue weighted by Gasteiger charge is 2.44. The summed E-state index contributed by atoms with van der Waals surface area (Å²) in [5, 5.41) is 0.552. The molecule has 0 unspecified atom stereocenters. The number of fused-ring (bicyclic) bond motifs is 1. The molecule has 2 fully saturated rings. The summed E-state index contributed by atoms with van der Waals surface area (Å²) in [4.78, 5) is 18.0. The lowest BCUT2D eigenvalue weighted by atomic mass is 9.92. The quantitative estimate of drug-likeness (QED) is 0.668. The zero-order valence-electron chi connectivity index (χ0n) is 19.7. The van der Waals surface area contributed by atoms with E-state index in [2.05, 4.69) is 14.6 Å². The number of aromatic amines is 1. The molecule has 0 radical (unpaired) electrons. The first kappa shape index (κ1) is 16.2. The van der Waals surface area contributed by atoms with Gasteiger partial charge in [-0.05, 0) is 62.4 Å². The van der Waals surface area contributed by atoms with Gasteiger partial charge in [-0.3, -0.25) is 4.79 Å². The van der Waals surface area contributed by atoms with Gasteiger partial charge in [0.25, 0.3) is 5.56 Å². The van der Waals surface area contributed by atoms with Crippen molar-refractivity contribution in [3.63, 3.8) is 0 Å². The Hall–Kier alpha value is -2.58. The van der Waals surface area contributed by atoms with E-state index in [1.807, 2.05) is 0 Å². The third-order valence-electron chi connectivity index (χ3n) is 6.69. The van der Waals surface area contributed by atoms with Gasteiger partial charge < -0.3 is 14.5 Å². The van der Waals surface area contributed by atoms with Crippen molar-refractivity contribution < 1.29 is 12.5 Å². The topological polar surface area (TPSA) is 87.2 Å². The van der Waals surface area contributed by atoms with Crippen LogP contribution in [-0.4, -0.2) is 38.1 Å². The van der Waals surface area contributed by atoms with Gasteiger partial charge in [0, 0.05) is 58.8 Å². The standard InChI is InChI=1S/C22H26N4O3S/c1-23-30(28,29)15-3-4-19(26-11-8-22(6-7-22)9-12-26)17(13-15)18-14-25(2)21(27)20-16(18)5-10-24-20/h3-5,10,13-14,23-24H,6-9,11-12H2,1-2H3/i2D3. The van der Waals surface area contributed by atoms with Crippen molar-refractivity contribution in [2.45, 2.75) is 30.6 Å². The van der Waals surface area contributed by atoms with Crippen molar-refractivity contribution in [3.05, 3.63) is 47.0 Å². The van der Waals surface area contributed by atoms with E-state index in [1.54, 1.807) is 30.5 Å². The first-order chi connectivity index (χ1) is 15.5. The predicted octanol–water partition coefficient (Wildman–Crippen LogP) is 2.82. The highest BCUT2D eigenvalue weighted by molar-refractivity contribution is 7.89. The Labute approximate surface area is 180 Å². The van der Waals surface area contributed by atoms with E-state index in [1.165, 1.54) is 26.1 Å². The van der Waals surface area contributed by atoms with E-state index in [-0.39, 0.29) is 10.4 Å². The van der Waals surface area contributed by atoms with Crippen LogP contribution in [0.4, 0.5) is 5.69 Å². The Morgan fingerprint density at radius 1 is 1.13 bits per heavy atom. The number of H-pyrrole nitrogens is 1. The maximum absolute atomic E-state index is 12.8. The molecule has 0 atom stereocenters. The number of nitrogens with zero attached hydrogens (tertiary/aromatic N) is 2. The Morgan fingerprint density at radius 3 is 2.57 bits per heavy atom. The number of hydrogen-bond donors (Lipinski definition) is 2. The Kier molecular flexibility index (Phi) is 3.62. The van der Waals surface area contributed by atoms with Crippen molar-refractivity contribution in [2.75, 3.05) is 25.0 Å². The zero-order chi connectivity index (χ0) is 23.6. The Balaban J connectivity index is 1.75. The first-order valence-electron chi connectivity index (χ1n) is 11.6. The molecule has 0 amide bonds. The number of sulfonamides is 1. The number of aromatic nitrogens is 2. The molecule has 8 heteroatoms. The fraction of sp³-hybridized carbons (Fsp3) is 0.409. The average Bonchev–Trinajstić information content (AvgIpc) is 3.33. The fourth-order valence-electron chi connectivity index (χ4n) is 4.55. The minimum atomic E-state index is -3.73. The lowest BCUT2D eigenvalue weighted by molar-refractivity contribution is 0.384. The number of piperidine rings is 1. The number of pyridine rings is 1. The van der Waals surface area contributed by atoms with E-state index in [0.29, 0.717) is 21.9 Å². The summed E-state index contributed by atoms with van der Waals surface area (Å²) in [7, 11) is -2.38. The molecule has 1 saturated carbocycles. The van der Waals surface area contributed by atoms with E-state index in [0.717, 1.165) is 36.2 Å². The van der Waals surface area contributed by atoms with Crippen molar-refractivity contribution in [2.24, 2.45) is 12.4 Å². The van der Waals surface area contributed by atoms with E-state index < -0.39 is 22.6 Å². The molecule has 1 aromatic carbocycles. The molecule has 0 bridgehead atoms. The van der Waals surface area contributed by atoms with Gasteiger partial charge in [0.1, 0.15) is 5.52 Å². The molecule has 1 spiro atoms. The van der Waals surface area contributed by atoms with Crippen molar-refractivity contribution in [1.82, 2.24) is 14.3 Å². The SMILES string of the molecule is [2H]C([2H])([2H])n1cc(-c2cc(S(=O)(=O)NC)ccc2N2CCC3(CC2)CC3)c2cc[nH]c2c1=O. The van der Waals surface area contributed by atoms with Crippen LogP contribution in [0.3, 0.4) is 0 Å². The van der Waals surface area contributed by atoms with Gasteiger partial charge in [0.2, 0.25) is 10.0 Å². The predicted molar refractivity (Wildman–Crippen MR) is 118 cm³/mol. The summed E-state index contributed by atoms with van der Waals surface area (Å²) in [6, 6.07) is 6.64. The van der Waals surface area contributed by atoms with Crippen LogP contribution in [0.5, 0.6) is 0 Å². The lowest BCUT2D eigenvalue weighted by Crippen LogP contribution is -2.34. The van der Waals surface area contributed by atoms with Crippen molar-refractivity contribution in [1.29, 1.82) is 0 Å². The van der Waals surface area contributed by atoms with Gasteiger partial charge in [-0.15, -0.1) is 0 Å². The van der Waals surface area contributed by atoms with Gasteiger partial charge in [0.15, 0.2) is 0 Å².